The van der Waals surface area contributed by atoms with Crippen LogP contribution in [-0.2, 0) is 13.1 Å². The summed E-state index contributed by atoms with van der Waals surface area (Å²) in [5.41, 5.74) is 10.4. The standard InChI is InChI=1S/C22H29N5O/c1-3-19(27-10-6-7-11-27)13-21(23)22-14-20(28)12-18(25-22)16-26(2)15-17-8-4-5-9-24-17/h3-5,8-9,12-14H,6-7,10-11,15-16,23H2,1-2H3,(H,25,28)/b19-3+,21-13-. The van der Waals surface area contributed by atoms with Crippen molar-refractivity contribution in [1.82, 2.24) is 19.8 Å². The van der Waals surface area contributed by atoms with Gasteiger partial charge in [-0.05, 0) is 45.0 Å². The van der Waals surface area contributed by atoms with E-state index >= 15 is 0 Å². The number of aromatic nitrogens is 2. The molecule has 1 saturated heterocycles. The molecule has 0 atom stereocenters. The van der Waals surface area contributed by atoms with Crippen molar-refractivity contribution in [2.24, 2.45) is 5.73 Å². The zero-order valence-corrected chi connectivity index (χ0v) is 16.7. The van der Waals surface area contributed by atoms with Crippen LogP contribution in [0.3, 0.4) is 0 Å². The SMILES string of the molecule is C/C=C(\C=C(/N)c1cc(=O)cc(CN(C)Cc2ccccn2)[nH]1)N1CCCC1. The van der Waals surface area contributed by atoms with E-state index in [1.807, 2.05) is 38.2 Å². The lowest BCUT2D eigenvalue weighted by Gasteiger charge is -2.19. The second-order valence-electron chi connectivity index (χ2n) is 7.26. The third kappa shape index (κ3) is 5.33. The smallest absolute Gasteiger partial charge is 0.182 e. The fourth-order valence-corrected chi connectivity index (χ4v) is 3.53. The van der Waals surface area contributed by atoms with E-state index in [0.29, 0.717) is 24.5 Å². The summed E-state index contributed by atoms with van der Waals surface area (Å²) in [6.45, 7) is 5.44. The Morgan fingerprint density at radius 1 is 1.29 bits per heavy atom. The summed E-state index contributed by atoms with van der Waals surface area (Å²) in [5, 5.41) is 0. The molecule has 6 heteroatoms. The van der Waals surface area contributed by atoms with Crippen LogP contribution in [0, 0.1) is 0 Å². The van der Waals surface area contributed by atoms with Gasteiger partial charge in [0.1, 0.15) is 0 Å². The number of allylic oxidation sites excluding steroid dienone is 2. The van der Waals surface area contributed by atoms with Crippen LogP contribution in [0.2, 0.25) is 0 Å². The summed E-state index contributed by atoms with van der Waals surface area (Å²) in [5.74, 6) is 0. The number of nitrogens with one attached hydrogen (secondary N) is 1. The van der Waals surface area contributed by atoms with E-state index in [-0.39, 0.29) is 5.43 Å². The molecule has 0 radical (unpaired) electrons. The second-order valence-corrected chi connectivity index (χ2v) is 7.26. The Labute approximate surface area is 166 Å². The van der Waals surface area contributed by atoms with E-state index in [9.17, 15) is 4.79 Å². The van der Waals surface area contributed by atoms with E-state index in [0.717, 1.165) is 30.2 Å². The van der Waals surface area contributed by atoms with E-state index < -0.39 is 0 Å². The van der Waals surface area contributed by atoms with Gasteiger partial charge in [0.15, 0.2) is 5.43 Å². The Morgan fingerprint density at radius 2 is 2.07 bits per heavy atom. The average molecular weight is 380 g/mol. The van der Waals surface area contributed by atoms with Crippen LogP contribution >= 0.6 is 0 Å². The number of likely N-dealkylation sites (tertiary alicyclic amines) is 1. The third-order valence-electron chi connectivity index (χ3n) is 4.88. The second kappa shape index (κ2) is 9.37. The molecule has 0 unspecified atom stereocenters. The lowest BCUT2D eigenvalue weighted by Crippen LogP contribution is -2.21. The Balaban J connectivity index is 1.75. The van der Waals surface area contributed by atoms with Gasteiger partial charge in [0.25, 0.3) is 0 Å². The Hall–Kier alpha value is -2.86. The van der Waals surface area contributed by atoms with Crippen LogP contribution in [0.5, 0.6) is 0 Å². The quantitative estimate of drug-likeness (QED) is 0.723. The van der Waals surface area contributed by atoms with Crippen molar-refractivity contribution < 1.29 is 0 Å². The van der Waals surface area contributed by atoms with Crippen LogP contribution in [0.15, 0.2) is 59.2 Å². The number of hydrogen-bond donors (Lipinski definition) is 2. The van der Waals surface area contributed by atoms with Gasteiger partial charge in [-0.2, -0.15) is 0 Å². The van der Waals surface area contributed by atoms with Crippen molar-refractivity contribution >= 4 is 5.70 Å². The first-order valence-corrected chi connectivity index (χ1v) is 9.75. The molecule has 148 valence electrons. The maximum Gasteiger partial charge on any atom is 0.182 e. The molecule has 28 heavy (non-hydrogen) atoms. The first-order valence-electron chi connectivity index (χ1n) is 9.75. The first-order chi connectivity index (χ1) is 13.5. The van der Waals surface area contributed by atoms with Crippen LogP contribution in [-0.4, -0.2) is 39.9 Å². The van der Waals surface area contributed by atoms with Crippen molar-refractivity contribution in [3.8, 4) is 0 Å². The molecule has 3 rings (SSSR count). The summed E-state index contributed by atoms with van der Waals surface area (Å²) in [6, 6.07) is 9.06. The number of H-pyrrole nitrogens is 1. The topological polar surface area (TPSA) is 78.2 Å². The van der Waals surface area contributed by atoms with Gasteiger partial charge >= 0.3 is 0 Å². The van der Waals surface area contributed by atoms with Gasteiger partial charge in [0.2, 0.25) is 0 Å². The van der Waals surface area contributed by atoms with Gasteiger partial charge in [-0.1, -0.05) is 12.1 Å². The fraction of sp³-hybridized carbons (Fsp3) is 0.364. The summed E-state index contributed by atoms with van der Waals surface area (Å²) < 4.78 is 0. The number of hydrogen-bond acceptors (Lipinski definition) is 5. The highest BCUT2D eigenvalue weighted by Crippen LogP contribution is 2.18. The molecular weight excluding hydrogens is 350 g/mol. The molecule has 0 aliphatic carbocycles. The minimum atomic E-state index is -0.0467. The minimum absolute atomic E-state index is 0.0467. The van der Waals surface area contributed by atoms with E-state index in [1.54, 1.807) is 18.3 Å². The Morgan fingerprint density at radius 3 is 2.75 bits per heavy atom. The number of rotatable bonds is 7. The van der Waals surface area contributed by atoms with Crippen molar-refractivity contribution in [3.63, 3.8) is 0 Å². The lowest BCUT2D eigenvalue weighted by atomic mass is 10.2. The van der Waals surface area contributed by atoms with Crippen molar-refractivity contribution in [2.75, 3.05) is 20.1 Å². The van der Waals surface area contributed by atoms with Gasteiger partial charge in [0.05, 0.1) is 17.1 Å². The highest BCUT2D eigenvalue weighted by atomic mass is 16.1. The van der Waals surface area contributed by atoms with Gasteiger partial charge in [-0.15, -0.1) is 0 Å². The Bertz CT molecular complexity index is 895. The molecule has 2 aromatic rings. The molecular formula is C22H29N5O. The van der Waals surface area contributed by atoms with E-state index in [2.05, 4.69) is 25.8 Å². The average Bonchev–Trinajstić information content (AvgIpc) is 3.20. The molecule has 0 amide bonds. The summed E-state index contributed by atoms with van der Waals surface area (Å²) in [7, 11) is 2.00. The number of nitrogens with two attached hydrogens (primary N) is 1. The van der Waals surface area contributed by atoms with Crippen molar-refractivity contribution in [2.45, 2.75) is 32.9 Å². The van der Waals surface area contributed by atoms with Crippen molar-refractivity contribution in [1.29, 1.82) is 0 Å². The predicted octanol–water partition coefficient (Wildman–Crippen LogP) is 2.70. The molecule has 0 bridgehead atoms. The molecule has 0 aromatic carbocycles. The van der Waals surface area contributed by atoms with Gasteiger partial charge in [-0.3, -0.25) is 14.7 Å². The Kier molecular flexibility index (Phi) is 6.66. The van der Waals surface area contributed by atoms with Gasteiger partial charge in [0, 0.05) is 55.9 Å². The molecule has 6 nitrogen and oxygen atoms in total. The maximum atomic E-state index is 12.2. The van der Waals surface area contributed by atoms with E-state index in [4.69, 9.17) is 5.73 Å². The zero-order valence-electron chi connectivity index (χ0n) is 16.7. The fourth-order valence-electron chi connectivity index (χ4n) is 3.53. The van der Waals surface area contributed by atoms with Crippen LogP contribution in [0.4, 0.5) is 0 Å². The molecule has 0 saturated carbocycles. The predicted molar refractivity (Wildman–Crippen MR) is 113 cm³/mol. The molecule has 0 spiro atoms. The highest BCUT2D eigenvalue weighted by molar-refractivity contribution is 5.62. The minimum Gasteiger partial charge on any atom is -0.397 e. The van der Waals surface area contributed by atoms with Crippen LogP contribution in [0.1, 0.15) is 36.8 Å². The molecule has 2 aromatic heterocycles. The normalized spacial score (nSPS) is 15.5. The summed E-state index contributed by atoms with van der Waals surface area (Å²) in [6.07, 6.45) is 8.23. The largest absolute Gasteiger partial charge is 0.397 e. The van der Waals surface area contributed by atoms with Gasteiger partial charge < -0.3 is 15.6 Å². The van der Waals surface area contributed by atoms with Crippen molar-refractivity contribution in [3.05, 3.63) is 81.7 Å². The highest BCUT2D eigenvalue weighted by Gasteiger charge is 2.13. The van der Waals surface area contributed by atoms with E-state index in [1.165, 1.54) is 12.8 Å². The molecule has 1 fully saturated rings. The zero-order chi connectivity index (χ0) is 19.9. The summed E-state index contributed by atoms with van der Waals surface area (Å²) >= 11 is 0. The summed E-state index contributed by atoms with van der Waals surface area (Å²) in [4.78, 5) is 24.3. The first kappa shape index (κ1) is 19.9. The van der Waals surface area contributed by atoms with Gasteiger partial charge in [-0.25, -0.2) is 0 Å². The molecule has 3 N–H and O–H groups in total. The maximum absolute atomic E-state index is 12.2. The van der Waals surface area contributed by atoms with Crippen LogP contribution in [0.25, 0.3) is 5.70 Å². The number of aromatic amines is 1. The molecule has 1 aliphatic rings. The molecule has 1 aliphatic heterocycles. The van der Waals surface area contributed by atoms with Crippen LogP contribution < -0.4 is 11.2 Å². The molecule has 3 heterocycles. The number of pyridine rings is 2. The number of nitrogens with zero attached hydrogens (tertiary/aromatic N) is 3. The lowest BCUT2D eigenvalue weighted by molar-refractivity contribution is 0.311. The monoisotopic (exact) mass is 379 g/mol. The third-order valence-corrected chi connectivity index (χ3v) is 4.88.